The van der Waals surface area contributed by atoms with Crippen LogP contribution in [0.2, 0.25) is 0 Å². The van der Waals surface area contributed by atoms with Gasteiger partial charge in [-0.15, -0.1) is 0 Å². The lowest BCUT2D eigenvalue weighted by Gasteiger charge is -2.37. The van der Waals surface area contributed by atoms with E-state index in [0.29, 0.717) is 35.2 Å². The Morgan fingerprint density at radius 1 is 0.971 bits per heavy atom. The van der Waals surface area contributed by atoms with Crippen LogP contribution >= 0.6 is 0 Å². The molecule has 180 valence electrons. The third-order valence-corrected chi connectivity index (χ3v) is 9.07. The van der Waals surface area contributed by atoms with Crippen LogP contribution < -0.4 is 4.72 Å². The number of hydrogen-bond acceptors (Lipinski definition) is 4. The summed E-state index contributed by atoms with van der Waals surface area (Å²) < 4.78 is 68.4. The first-order chi connectivity index (χ1) is 16.0. The van der Waals surface area contributed by atoms with E-state index in [1.165, 1.54) is 10.4 Å². The van der Waals surface area contributed by atoms with Gasteiger partial charge in [-0.25, -0.2) is 21.2 Å². The molecule has 0 aromatic heterocycles. The van der Waals surface area contributed by atoms with E-state index in [1.54, 1.807) is 36.4 Å². The highest BCUT2D eigenvalue weighted by molar-refractivity contribution is 7.92. The van der Waals surface area contributed by atoms with Crippen molar-refractivity contribution in [2.75, 3.05) is 11.0 Å². The molecule has 1 fully saturated rings. The molecule has 9 heteroatoms. The normalized spacial score (nSPS) is 20.7. The van der Waals surface area contributed by atoms with Crippen molar-refractivity contribution in [3.8, 4) is 11.1 Å². The Kier molecular flexibility index (Phi) is 6.80. The van der Waals surface area contributed by atoms with Crippen molar-refractivity contribution in [3.63, 3.8) is 0 Å². The summed E-state index contributed by atoms with van der Waals surface area (Å²) in [6.07, 6.45) is 2.31. The molecule has 3 aromatic carbocycles. The number of rotatable bonds is 6. The Bertz CT molecular complexity index is 1380. The number of nitrogens with one attached hydrogen (secondary N) is 1. The van der Waals surface area contributed by atoms with Crippen LogP contribution in [0.5, 0.6) is 0 Å². The van der Waals surface area contributed by atoms with E-state index in [9.17, 15) is 16.8 Å². The van der Waals surface area contributed by atoms with Crippen molar-refractivity contribution in [3.05, 3.63) is 89.7 Å². The van der Waals surface area contributed by atoms with E-state index in [2.05, 4.69) is 4.72 Å². The summed E-state index contributed by atoms with van der Waals surface area (Å²) in [6.45, 7) is 1.83. The fourth-order valence-electron chi connectivity index (χ4n) is 4.32. The number of benzene rings is 3. The van der Waals surface area contributed by atoms with E-state index in [-0.39, 0.29) is 12.6 Å². The second-order valence-electron chi connectivity index (χ2n) is 8.67. The van der Waals surface area contributed by atoms with Gasteiger partial charge in [0.2, 0.25) is 20.0 Å². The van der Waals surface area contributed by atoms with E-state index in [1.807, 2.05) is 37.3 Å². The van der Waals surface area contributed by atoms with Crippen LogP contribution in [0.3, 0.4) is 0 Å². The van der Waals surface area contributed by atoms with Gasteiger partial charge in [0.05, 0.1) is 6.26 Å². The van der Waals surface area contributed by atoms with Crippen LogP contribution in [-0.4, -0.2) is 33.4 Å². The molecule has 1 N–H and O–H groups in total. The number of halogens is 1. The van der Waals surface area contributed by atoms with Crippen molar-refractivity contribution in [1.29, 1.82) is 0 Å². The minimum atomic E-state index is -3.65. The molecule has 0 aliphatic carbocycles. The van der Waals surface area contributed by atoms with E-state index >= 15 is 4.39 Å². The van der Waals surface area contributed by atoms with Crippen LogP contribution in [-0.2, 0) is 26.6 Å². The van der Waals surface area contributed by atoms with Crippen LogP contribution in [0, 0.1) is 5.82 Å². The summed E-state index contributed by atoms with van der Waals surface area (Å²) in [5.74, 6) is -0.486. The molecule has 4 rings (SSSR count). The molecule has 0 radical (unpaired) electrons. The van der Waals surface area contributed by atoms with Crippen LogP contribution in [0.15, 0.2) is 72.8 Å². The zero-order valence-electron chi connectivity index (χ0n) is 19.0. The summed E-state index contributed by atoms with van der Waals surface area (Å²) in [5, 5.41) is -0.633. The quantitative estimate of drug-likeness (QED) is 0.519. The van der Waals surface area contributed by atoms with Gasteiger partial charge in [0.15, 0.2) is 0 Å². The standard InChI is InChI=1S/C25H27FN2O4S2/c1-18-8-15-25(20-6-4-3-5-7-20)34(31,32)28(18)17-22-10-9-21(16-24(22)26)19-11-13-23(14-12-19)27-33(2,29)30/h3-7,9-14,16,18,25,27H,8,15,17H2,1-2H3. The monoisotopic (exact) mass is 502 g/mol. The minimum Gasteiger partial charge on any atom is -0.284 e. The lowest BCUT2D eigenvalue weighted by molar-refractivity contribution is 0.279. The maximum atomic E-state index is 15.1. The zero-order chi connectivity index (χ0) is 24.5. The Hall–Kier alpha value is -2.75. The molecule has 0 spiro atoms. The molecule has 0 saturated carbocycles. The third kappa shape index (κ3) is 5.32. The molecule has 1 heterocycles. The van der Waals surface area contributed by atoms with Gasteiger partial charge in [-0.1, -0.05) is 54.6 Å². The third-order valence-electron chi connectivity index (χ3n) is 6.10. The predicted octanol–water partition coefficient (Wildman–Crippen LogP) is 4.92. The highest BCUT2D eigenvalue weighted by Crippen LogP contribution is 2.38. The molecular weight excluding hydrogens is 475 g/mol. The van der Waals surface area contributed by atoms with E-state index in [0.717, 1.165) is 11.8 Å². The predicted molar refractivity (Wildman–Crippen MR) is 133 cm³/mol. The second kappa shape index (κ2) is 9.48. The fraction of sp³-hybridized carbons (Fsp3) is 0.280. The lowest BCUT2D eigenvalue weighted by Crippen LogP contribution is -2.44. The van der Waals surface area contributed by atoms with Gasteiger partial charge in [-0.3, -0.25) is 4.72 Å². The highest BCUT2D eigenvalue weighted by atomic mass is 32.2. The molecule has 1 aliphatic rings. The van der Waals surface area contributed by atoms with Gasteiger partial charge in [-0.05, 0) is 54.7 Å². The first kappa shape index (κ1) is 24.4. The van der Waals surface area contributed by atoms with Gasteiger partial charge in [0.25, 0.3) is 0 Å². The number of nitrogens with zero attached hydrogens (tertiary/aromatic N) is 1. The molecule has 2 atom stereocenters. The molecule has 2 unspecified atom stereocenters. The van der Waals surface area contributed by atoms with Crippen molar-refractivity contribution in [1.82, 2.24) is 4.31 Å². The van der Waals surface area contributed by atoms with Gasteiger partial charge in [0.1, 0.15) is 11.1 Å². The highest BCUT2D eigenvalue weighted by Gasteiger charge is 2.40. The topological polar surface area (TPSA) is 83.6 Å². The van der Waals surface area contributed by atoms with Gasteiger partial charge in [0, 0.05) is 23.8 Å². The Morgan fingerprint density at radius 2 is 1.62 bits per heavy atom. The average Bonchev–Trinajstić information content (AvgIpc) is 2.77. The summed E-state index contributed by atoms with van der Waals surface area (Å²) in [5.41, 5.74) is 2.81. The maximum absolute atomic E-state index is 15.1. The zero-order valence-corrected chi connectivity index (χ0v) is 20.6. The number of hydrogen-bond donors (Lipinski definition) is 1. The Balaban J connectivity index is 1.56. The summed E-state index contributed by atoms with van der Waals surface area (Å²) >= 11 is 0. The summed E-state index contributed by atoms with van der Waals surface area (Å²) in [6, 6.07) is 20.3. The maximum Gasteiger partial charge on any atom is 0.229 e. The molecule has 1 saturated heterocycles. The van der Waals surface area contributed by atoms with E-state index in [4.69, 9.17) is 0 Å². The molecule has 34 heavy (non-hydrogen) atoms. The van der Waals surface area contributed by atoms with Crippen molar-refractivity contribution in [2.45, 2.75) is 37.6 Å². The SMILES string of the molecule is CC1CCC(c2ccccc2)S(=O)(=O)N1Cc1ccc(-c2ccc(NS(C)(=O)=O)cc2)cc1F. The molecule has 0 amide bonds. The van der Waals surface area contributed by atoms with Crippen molar-refractivity contribution < 1.29 is 21.2 Å². The molecule has 6 nitrogen and oxygen atoms in total. The summed E-state index contributed by atoms with van der Waals surface area (Å²) in [7, 11) is -7.03. The summed E-state index contributed by atoms with van der Waals surface area (Å²) in [4.78, 5) is 0. The molecule has 1 aliphatic heterocycles. The largest absolute Gasteiger partial charge is 0.284 e. The molecule has 0 bridgehead atoms. The smallest absolute Gasteiger partial charge is 0.229 e. The first-order valence-corrected chi connectivity index (χ1v) is 14.4. The van der Waals surface area contributed by atoms with Gasteiger partial charge >= 0.3 is 0 Å². The van der Waals surface area contributed by atoms with Crippen molar-refractivity contribution in [2.24, 2.45) is 0 Å². The number of anilines is 1. The molecule has 3 aromatic rings. The Labute approximate surface area is 200 Å². The van der Waals surface area contributed by atoms with Gasteiger partial charge < -0.3 is 0 Å². The van der Waals surface area contributed by atoms with Gasteiger partial charge in [-0.2, -0.15) is 4.31 Å². The Morgan fingerprint density at radius 3 is 2.24 bits per heavy atom. The van der Waals surface area contributed by atoms with Crippen LogP contribution in [0.4, 0.5) is 10.1 Å². The van der Waals surface area contributed by atoms with E-state index < -0.39 is 31.1 Å². The van der Waals surface area contributed by atoms with Crippen molar-refractivity contribution >= 4 is 25.7 Å². The lowest BCUT2D eigenvalue weighted by atomic mass is 10.0. The second-order valence-corrected chi connectivity index (χ2v) is 12.5. The first-order valence-electron chi connectivity index (χ1n) is 11.0. The minimum absolute atomic E-state index is 0.0316. The van der Waals surface area contributed by atoms with Crippen LogP contribution in [0.1, 0.15) is 36.1 Å². The number of sulfonamides is 2. The fourth-order valence-corrected chi connectivity index (χ4v) is 7.07. The molecular formula is C25H27FN2O4S2. The average molecular weight is 503 g/mol. The van der Waals surface area contributed by atoms with Crippen LogP contribution in [0.25, 0.3) is 11.1 Å².